The van der Waals surface area contributed by atoms with Crippen LogP contribution in [0.25, 0.3) is 10.9 Å². The lowest BCUT2D eigenvalue weighted by Crippen LogP contribution is -2.58. The molecule has 2 aromatic rings. The van der Waals surface area contributed by atoms with Gasteiger partial charge in [0.25, 0.3) is 0 Å². The van der Waals surface area contributed by atoms with Crippen LogP contribution in [-0.4, -0.2) is 69.7 Å². The van der Waals surface area contributed by atoms with Crippen LogP contribution in [-0.2, 0) is 25.6 Å². The van der Waals surface area contributed by atoms with Gasteiger partial charge < -0.3 is 36.9 Å². The number of carbonyl (C=O) groups excluding carboxylic acids is 3. The topological polar surface area (TPSA) is 187 Å². The molecule has 11 nitrogen and oxygen atoms in total. The molecule has 1 heterocycles. The van der Waals surface area contributed by atoms with Gasteiger partial charge in [0.1, 0.15) is 18.1 Å². The van der Waals surface area contributed by atoms with Gasteiger partial charge in [-0.3, -0.25) is 14.4 Å². The number of para-hydroxylation sites is 1. The van der Waals surface area contributed by atoms with Crippen LogP contribution in [0.1, 0.15) is 32.8 Å². The zero-order valence-electron chi connectivity index (χ0n) is 19.5. The SMILES string of the molecule is CCC(C)C(NC(=O)C(C)NC(=O)C(N)Cc1c[nH]c2ccccc12)C(=O)NC(CO)C(=O)O. The highest BCUT2D eigenvalue weighted by atomic mass is 16.4. The number of carboxylic acids is 1. The average Bonchev–Trinajstić information content (AvgIpc) is 3.22. The first-order valence-electron chi connectivity index (χ1n) is 11.1. The predicted molar refractivity (Wildman–Crippen MR) is 126 cm³/mol. The van der Waals surface area contributed by atoms with Crippen LogP contribution in [0.4, 0.5) is 0 Å². The lowest BCUT2D eigenvalue weighted by Gasteiger charge is -2.26. The van der Waals surface area contributed by atoms with Gasteiger partial charge in [-0.25, -0.2) is 4.79 Å². The number of aliphatic hydroxyl groups excluding tert-OH is 1. The minimum Gasteiger partial charge on any atom is -0.480 e. The molecule has 34 heavy (non-hydrogen) atoms. The quantitative estimate of drug-likeness (QED) is 0.218. The number of aromatic amines is 1. The maximum atomic E-state index is 12.7. The molecule has 0 aliphatic heterocycles. The fourth-order valence-electron chi connectivity index (χ4n) is 3.44. The Labute approximate surface area is 197 Å². The summed E-state index contributed by atoms with van der Waals surface area (Å²) in [4.78, 5) is 52.1. The van der Waals surface area contributed by atoms with Gasteiger partial charge in [-0.1, -0.05) is 38.5 Å². The van der Waals surface area contributed by atoms with E-state index >= 15 is 0 Å². The summed E-state index contributed by atoms with van der Waals surface area (Å²) in [5.74, 6) is -3.61. The van der Waals surface area contributed by atoms with Gasteiger partial charge in [0.05, 0.1) is 12.6 Å². The third-order valence-electron chi connectivity index (χ3n) is 5.79. The van der Waals surface area contributed by atoms with Gasteiger partial charge in [-0.05, 0) is 30.9 Å². The van der Waals surface area contributed by atoms with Crippen molar-refractivity contribution in [2.24, 2.45) is 11.7 Å². The lowest BCUT2D eigenvalue weighted by atomic mass is 9.97. The van der Waals surface area contributed by atoms with Crippen molar-refractivity contribution in [3.8, 4) is 0 Å². The number of nitrogens with two attached hydrogens (primary N) is 1. The Morgan fingerprint density at radius 1 is 1.03 bits per heavy atom. The molecule has 3 amide bonds. The number of nitrogens with one attached hydrogen (secondary N) is 4. The molecule has 1 aromatic carbocycles. The standard InChI is InChI=1S/C23H33N5O6/c1-4-12(2)19(22(32)27-18(11-29)23(33)34)28-20(30)13(3)26-21(31)16(24)9-14-10-25-17-8-6-5-7-15(14)17/h5-8,10,12-13,16,18-19,25,29H,4,9,11,24H2,1-3H3,(H,26,31)(H,27,32)(H,28,30)(H,33,34). The molecule has 0 bridgehead atoms. The van der Waals surface area contributed by atoms with Gasteiger partial charge in [-0.2, -0.15) is 0 Å². The first kappa shape index (κ1) is 26.8. The normalized spacial score (nSPS) is 15.6. The number of aliphatic carboxylic acids is 1. The van der Waals surface area contributed by atoms with Crippen molar-refractivity contribution >= 4 is 34.6 Å². The zero-order chi connectivity index (χ0) is 25.4. The highest BCUT2D eigenvalue weighted by Crippen LogP contribution is 2.18. The maximum absolute atomic E-state index is 12.7. The third-order valence-corrected chi connectivity index (χ3v) is 5.79. The number of aromatic nitrogens is 1. The van der Waals surface area contributed by atoms with Gasteiger partial charge in [0.15, 0.2) is 0 Å². The molecule has 5 unspecified atom stereocenters. The summed E-state index contributed by atoms with van der Waals surface area (Å²) in [5.41, 5.74) is 7.87. The van der Waals surface area contributed by atoms with E-state index in [1.165, 1.54) is 6.92 Å². The average molecular weight is 476 g/mol. The number of hydrogen-bond donors (Lipinski definition) is 7. The number of carboxylic acid groups (broad SMARTS) is 1. The Morgan fingerprint density at radius 2 is 1.71 bits per heavy atom. The molecule has 0 saturated heterocycles. The van der Waals surface area contributed by atoms with E-state index in [4.69, 9.17) is 15.9 Å². The van der Waals surface area contributed by atoms with Gasteiger partial charge in [0, 0.05) is 17.1 Å². The number of rotatable bonds is 12. The Balaban J connectivity index is 1.99. The number of hydrogen-bond acceptors (Lipinski definition) is 6. The first-order valence-corrected chi connectivity index (χ1v) is 11.1. The molecular weight excluding hydrogens is 442 g/mol. The third kappa shape index (κ3) is 6.78. The van der Waals surface area contributed by atoms with E-state index in [1.54, 1.807) is 13.1 Å². The van der Waals surface area contributed by atoms with Crippen molar-refractivity contribution in [1.82, 2.24) is 20.9 Å². The summed E-state index contributed by atoms with van der Waals surface area (Å²) in [6.07, 6.45) is 2.57. The minimum absolute atomic E-state index is 0.264. The maximum Gasteiger partial charge on any atom is 0.328 e. The van der Waals surface area contributed by atoms with E-state index in [9.17, 15) is 19.2 Å². The lowest BCUT2D eigenvalue weighted by molar-refractivity contribution is -0.143. The number of aliphatic hydroxyl groups is 1. The van der Waals surface area contributed by atoms with Crippen LogP contribution in [0, 0.1) is 5.92 Å². The molecule has 2 rings (SSSR count). The van der Waals surface area contributed by atoms with E-state index in [0.717, 1.165) is 16.5 Å². The molecule has 0 aliphatic carbocycles. The molecule has 186 valence electrons. The molecule has 0 spiro atoms. The summed E-state index contributed by atoms with van der Waals surface area (Å²) >= 11 is 0. The van der Waals surface area contributed by atoms with Crippen LogP contribution < -0.4 is 21.7 Å². The van der Waals surface area contributed by atoms with Crippen molar-refractivity contribution in [3.63, 3.8) is 0 Å². The van der Waals surface area contributed by atoms with E-state index in [2.05, 4.69) is 20.9 Å². The van der Waals surface area contributed by atoms with E-state index in [0.29, 0.717) is 6.42 Å². The van der Waals surface area contributed by atoms with E-state index in [-0.39, 0.29) is 12.3 Å². The molecule has 1 aromatic heterocycles. The van der Waals surface area contributed by atoms with Crippen molar-refractivity contribution < 1.29 is 29.4 Å². The fourth-order valence-corrected chi connectivity index (χ4v) is 3.44. The first-order chi connectivity index (χ1) is 16.1. The van der Waals surface area contributed by atoms with Crippen molar-refractivity contribution in [2.45, 2.75) is 57.8 Å². The molecule has 11 heteroatoms. The number of H-pyrrole nitrogens is 1. The Kier molecular flexibility index (Phi) is 9.58. The van der Waals surface area contributed by atoms with E-state index < -0.39 is 54.5 Å². The van der Waals surface area contributed by atoms with Gasteiger partial charge >= 0.3 is 5.97 Å². The molecule has 8 N–H and O–H groups in total. The zero-order valence-corrected chi connectivity index (χ0v) is 19.5. The molecule has 5 atom stereocenters. The molecule has 0 aliphatic rings. The molecule has 0 saturated carbocycles. The number of amides is 3. The Morgan fingerprint density at radius 3 is 2.32 bits per heavy atom. The Bertz CT molecular complexity index is 1020. The summed E-state index contributed by atoms with van der Waals surface area (Å²) in [5, 5.41) is 26.5. The van der Waals surface area contributed by atoms with Crippen molar-refractivity contribution in [1.29, 1.82) is 0 Å². The highest BCUT2D eigenvalue weighted by Gasteiger charge is 2.31. The summed E-state index contributed by atoms with van der Waals surface area (Å²) in [7, 11) is 0. The van der Waals surface area contributed by atoms with Gasteiger partial charge in [-0.15, -0.1) is 0 Å². The van der Waals surface area contributed by atoms with Crippen LogP contribution >= 0.6 is 0 Å². The minimum atomic E-state index is -1.49. The van der Waals surface area contributed by atoms with E-state index in [1.807, 2.05) is 31.2 Å². The molecular formula is C23H33N5O6. The number of fused-ring (bicyclic) bond motifs is 1. The second-order valence-electron chi connectivity index (χ2n) is 8.35. The number of benzene rings is 1. The summed E-state index contributed by atoms with van der Waals surface area (Å²) in [6, 6.07) is 3.20. The molecule has 0 fully saturated rings. The van der Waals surface area contributed by atoms with Crippen molar-refractivity contribution in [2.75, 3.05) is 6.61 Å². The monoisotopic (exact) mass is 475 g/mol. The van der Waals surface area contributed by atoms with Gasteiger partial charge in [0.2, 0.25) is 17.7 Å². The highest BCUT2D eigenvalue weighted by molar-refractivity contribution is 5.94. The Hall–Kier alpha value is -3.44. The predicted octanol–water partition coefficient (Wildman–Crippen LogP) is -0.365. The smallest absolute Gasteiger partial charge is 0.328 e. The number of carbonyl (C=O) groups is 4. The summed E-state index contributed by atoms with van der Waals surface area (Å²) < 4.78 is 0. The van der Waals surface area contributed by atoms with Crippen LogP contribution in [0.15, 0.2) is 30.5 Å². The van der Waals surface area contributed by atoms with Crippen LogP contribution in [0.3, 0.4) is 0 Å². The summed E-state index contributed by atoms with van der Waals surface area (Å²) in [6.45, 7) is 4.21. The second kappa shape index (κ2) is 12.1. The van der Waals surface area contributed by atoms with Crippen LogP contribution in [0.5, 0.6) is 0 Å². The van der Waals surface area contributed by atoms with Crippen molar-refractivity contribution in [3.05, 3.63) is 36.0 Å². The fraction of sp³-hybridized carbons (Fsp3) is 0.478. The molecule has 0 radical (unpaired) electrons. The largest absolute Gasteiger partial charge is 0.480 e. The van der Waals surface area contributed by atoms with Crippen LogP contribution in [0.2, 0.25) is 0 Å². The second-order valence-corrected chi connectivity index (χ2v) is 8.35.